The van der Waals surface area contributed by atoms with E-state index in [1.807, 2.05) is 6.08 Å². The monoisotopic (exact) mass is 634 g/mol. The number of unbranched alkanes of at least 4 members (excludes halogenated alkanes) is 6. The third-order valence-electron chi connectivity index (χ3n) is 11.2. The van der Waals surface area contributed by atoms with Gasteiger partial charge in [0.25, 0.3) is 0 Å². The molecule has 43 heavy (non-hydrogen) atoms. The second-order valence-electron chi connectivity index (χ2n) is 14.0. The Hall–Kier alpha value is -1.12. The number of allylic oxidation sites excluding steroid dienone is 1. The average molecular weight is 635 g/mol. The molecular formula is C34H51F5O3S. The highest BCUT2D eigenvalue weighted by atomic mass is 32.2. The molecule has 0 aromatic heterocycles. The number of rotatable bonds is 15. The Morgan fingerprint density at radius 3 is 2.33 bits per heavy atom. The van der Waals surface area contributed by atoms with Crippen molar-refractivity contribution in [1.82, 2.24) is 0 Å². The van der Waals surface area contributed by atoms with Crippen molar-refractivity contribution in [2.24, 2.45) is 35.0 Å². The molecule has 3 nitrogen and oxygen atoms in total. The second-order valence-corrected chi connectivity index (χ2v) is 15.3. The molecule has 4 aliphatic carbocycles. The Morgan fingerprint density at radius 2 is 1.63 bits per heavy atom. The van der Waals surface area contributed by atoms with Crippen LogP contribution < -0.4 is 0 Å². The SMILES string of the molecule is CC(=O)OC1CCC2C3C(CCCCCCCCCSCCCC(F)(F)C(F)(F)F)CC4=CC(=O)CCC4C3CC[C@]12C. The topological polar surface area (TPSA) is 43.4 Å². The molecule has 3 saturated carbocycles. The zero-order chi connectivity index (χ0) is 31.3. The summed E-state index contributed by atoms with van der Waals surface area (Å²) in [6.45, 7) is 3.89. The van der Waals surface area contributed by atoms with Crippen molar-refractivity contribution >= 4 is 23.5 Å². The number of halogens is 5. The highest BCUT2D eigenvalue weighted by Crippen LogP contribution is 2.64. The van der Waals surface area contributed by atoms with E-state index in [9.17, 15) is 31.5 Å². The van der Waals surface area contributed by atoms with Crippen LogP contribution in [0.25, 0.3) is 0 Å². The van der Waals surface area contributed by atoms with Crippen LogP contribution in [0.15, 0.2) is 11.6 Å². The normalized spacial score (nSPS) is 32.5. The zero-order valence-electron chi connectivity index (χ0n) is 26.0. The fourth-order valence-electron chi connectivity index (χ4n) is 9.15. The fourth-order valence-corrected chi connectivity index (χ4v) is 10.1. The molecule has 3 fully saturated rings. The molecule has 4 rings (SSSR count). The van der Waals surface area contributed by atoms with E-state index in [4.69, 9.17) is 4.74 Å². The summed E-state index contributed by atoms with van der Waals surface area (Å²) in [4.78, 5) is 24.2. The molecule has 7 atom stereocenters. The van der Waals surface area contributed by atoms with Crippen molar-refractivity contribution in [2.45, 2.75) is 141 Å². The van der Waals surface area contributed by atoms with Crippen molar-refractivity contribution in [3.63, 3.8) is 0 Å². The predicted octanol–water partition coefficient (Wildman–Crippen LogP) is 10.1. The molecule has 0 spiro atoms. The molecular weight excluding hydrogens is 583 g/mol. The first-order chi connectivity index (χ1) is 20.3. The van der Waals surface area contributed by atoms with E-state index in [1.54, 1.807) is 0 Å². The average Bonchev–Trinajstić information content (AvgIpc) is 3.25. The van der Waals surface area contributed by atoms with Gasteiger partial charge in [0.05, 0.1) is 0 Å². The molecule has 0 bridgehead atoms. The molecule has 0 amide bonds. The minimum absolute atomic E-state index is 0.0269. The van der Waals surface area contributed by atoms with Crippen LogP contribution in [-0.2, 0) is 14.3 Å². The molecule has 0 saturated heterocycles. The summed E-state index contributed by atoms with van der Waals surface area (Å²) in [6.07, 6.45) is 11.5. The summed E-state index contributed by atoms with van der Waals surface area (Å²) >= 11 is 1.47. The van der Waals surface area contributed by atoms with Gasteiger partial charge in [-0.1, -0.05) is 51.0 Å². The summed E-state index contributed by atoms with van der Waals surface area (Å²) in [5.74, 6) is -0.301. The maximum absolute atomic E-state index is 12.9. The smallest absolute Gasteiger partial charge is 0.453 e. The van der Waals surface area contributed by atoms with Crippen molar-refractivity contribution < 1.29 is 36.3 Å². The number of thioether (sulfide) groups is 1. The molecule has 0 aromatic carbocycles. The van der Waals surface area contributed by atoms with Gasteiger partial charge < -0.3 is 4.74 Å². The van der Waals surface area contributed by atoms with E-state index < -0.39 is 18.5 Å². The van der Waals surface area contributed by atoms with Crippen LogP contribution in [-0.4, -0.2) is 41.5 Å². The first kappa shape index (κ1) is 34.7. The molecule has 0 radical (unpaired) electrons. The number of carbonyl (C=O) groups is 2. The Labute approximate surface area is 258 Å². The molecule has 0 aromatic rings. The molecule has 6 unspecified atom stereocenters. The minimum atomic E-state index is -5.45. The maximum Gasteiger partial charge on any atom is 0.453 e. The quantitative estimate of drug-likeness (QED) is 0.102. The van der Waals surface area contributed by atoms with E-state index in [1.165, 1.54) is 56.4 Å². The van der Waals surface area contributed by atoms with Crippen molar-refractivity contribution in [1.29, 1.82) is 0 Å². The third kappa shape index (κ3) is 8.58. The van der Waals surface area contributed by atoms with Gasteiger partial charge in [0.2, 0.25) is 0 Å². The molecule has 4 aliphatic rings. The number of alkyl halides is 5. The van der Waals surface area contributed by atoms with Crippen LogP contribution in [0.2, 0.25) is 0 Å². The fraction of sp³-hybridized carbons (Fsp3) is 0.882. The van der Waals surface area contributed by atoms with Crippen molar-refractivity contribution in [3.8, 4) is 0 Å². The van der Waals surface area contributed by atoms with Gasteiger partial charge in [0.1, 0.15) is 6.10 Å². The lowest BCUT2D eigenvalue weighted by Crippen LogP contribution is -2.51. The van der Waals surface area contributed by atoms with E-state index in [2.05, 4.69) is 6.92 Å². The Balaban J connectivity index is 1.17. The Kier molecular flexibility index (Phi) is 12.1. The lowest BCUT2D eigenvalue weighted by molar-refractivity contribution is -0.284. The largest absolute Gasteiger partial charge is 0.462 e. The first-order valence-electron chi connectivity index (χ1n) is 16.8. The van der Waals surface area contributed by atoms with Crippen LogP contribution in [0, 0.1) is 35.0 Å². The molecule has 0 aliphatic heterocycles. The molecule has 246 valence electrons. The lowest BCUT2D eigenvalue weighted by atomic mass is 9.49. The summed E-state index contributed by atoms with van der Waals surface area (Å²) in [5.41, 5.74) is 1.47. The number of ketones is 1. The van der Waals surface area contributed by atoms with Crippen LogP contribution in [0.1, 0.15) is 123 Å². The molecule has 0 heterocycles. The van der Waals surface area contributed by atoms with Crippen LogP contribution in [0.3, 0.4) is 0 Å². The second kappa shape index (κ2) is 15.0. The van der Waals surface area contributed by atoms with Gasteiger partial charge in [-0.15, -0.1) is 0 Å². The number of hydrogen-bond donors (Lipinski definition) is 0. The Morgan fingerprint density at radius 1 is 0.953 bits per heavy atom. The van der Waals surface area contributed by atoms with E-state index in [-0.39, 0.29) is 23.9 Å². The highest BCUT2D eigenvalue weighted by Gasteiger charge is 2.59. The predicted molar refractivity (Wildman–Crippen MR) is 161 cm³/mol. The maximum atomic E-state index is 12.9. The number of carbonyl (C=O) groups excluding carboxylic acids is 2. The van der Waals surface area contributed by atoms with Crippen LogP contribution in [0.5, 0.6) is 0 Å². The standard InChI is InChI=1S/C34H51F5O3S/c1-23(40)42-30-15-14-29-31-24(21-25-22-26(41)12-13-27(25)28(31)16-18-32(29,30)2)11-8-6-4-3-5-7-9-19-43-20-10-17-33(35,36)34(37,38)39/h22,24,27-31H,3-21H2,1-2H3/t24?,27?,28?,29?,30?,31?,32-/m0/s1. The van der Waals surface area contributed by atoms with Gasteiger partial charge in [-0.25, -0.2) is 0 Å². The van der Waals surface area contributed by atoms with Crippen LogP contribution >= 0.6 is 11.8 Å². The van der Waals surface area contributed by atoms with Gasteiger partial charge in [0, 0.05) is 25.2 Å². The zero-order valence-corrected chi connectivity index (χ0v) is 26.8. The van der Waals surface area contributed by atoms with E-state index in [0.29, 0.717) is 47.5 Å². The summed E-state index contributed by atoms with van der Waals surface area (Å²) in [7, 11) is 0. The number of hydrogen-bond acceptors (Lipinski definition) is 4. The Bertz CT molecular complexity index is 982. The van der Waals surface area contributed by atoms with Crippen molar-refractivity contribution in [2.75, 3.05) is 11.5 Å². The minimum Gasteiger partial charge on any atom is -0.462 e. The molecule has 9 heteroatoms. The van der Waals surface area contributed by atoms with Crippen molar-refractivity contribution in [3.05, 3.63) is 11.6 Å². The number of ether oxygens (including phenoxy) is 1. The third-order valence-corrected chi connectivity index (χ3v) is 12.4. The van der Waals surface area contributed by atoms with Gasteiger partial charge in [-0.05, 0) is 105 Å². The number of esters is 1. The molecule has 0 N–H and O–H groups in total. The van der Waals surface area contributed by atoms with Gasteiger partial charge >= 0.3 is 18.1 Å². The lowest BCUT2D eigenvalue weighted by Gasteiger charge is -2.56. The summed E-state index contributed by atoms with van der Waals surface area (Å²) in [6, 6.07) is 0. The van der Waals surface area contributed by atoms with Crippen LogP contribution in [0.4, 0.5) is 22.0 Å². The van der Waals surface area contributed by atoms with Gasteiger partial charge in [0.15, 0.2) is 5.78 Å². The van der Waals surface area contributed by atoms with Gasteiger partial charge in [-0.2, -0.15) is 33.7 Å². The highest BCUT2D eigenvalue weighted by molar-refractivity contribution is 7.99. The summed E-state index contributed by atoms with van der Waals surface area (Å²) < 4.78 is 68.4. The number of fused-ring (bicyclic) bond motifs is 5. The summed E-state index contributed by atoms with van der Waals surface area (Å²) in [5, 5.41) is 0. The van der Waals surface area contributed by atoms with E-state index in [0.717, 1.165) is 63.5 Å². The first-order valence-corrected chi connectivity index (χ1v) is 17.9. The van der Waals surface area contributed by atoms with E-state index >= 15 is 0 Å². The van der Waals surface area contributed by atoms with Gasteiger partial charge in [-0.3, -0.25) is 9.59 Å².